The average molecular weight is 336 g/mol. The molecule has 1 fully saturated rings. The van der Waals surface area contributed by atoms with E-state index in [0.717, 1.165) is 4.90 Å². The fourth-order valence-electron chi connectivity index (χ4n) is 2.06. The lowest BCUT2D eigenvalue weighted by atomic mass is 10.2. The summed E-state index contributed by atoms with van der Waals surface area (Å²) in [6, 6.07) is 4.11. The number of anilines is 1. The number of benzene rings is 1. The first kappa shape index (κ1) is 15.7. The summed E-state index contributed by atoms with van der Waals surface area (Å²) in [5.41, 5.74) is 0.410. The third kappa shape index (κ3) is 3.16. The van der Waals surface area contributed by atoms with Crippen molar-refractivity contribution in [2.75, 3.05) is 18.6 Å². The molecule has 1 atom stereocenters. The SMILES string of the molecule is COC(=O)c1ccc(N2CC(S(=O)(=O)F)CC2=O)cc1Cl. The molecule has 0 N–H and O–H groups in total. The van der Waals surface area contributed by atoms with Gasteiger partial charge in [0.05, 0.1) is 17.7 Å². The smallest absolute Gasteiger partial charge is 0.339 e. The first-order valence-corrected chi connectivity index (χ1v) is 7.68. The number of ether oxygens (including phenoxy) is 1. The lowest BCUT2D eigenvalue weighted by Gasteiger charge is -2.17. The number of amides is 1. The number of methoxy groups -OCH3 is 1. The minimum Gasteiger partial charge on any atom is -0.465 e. The van der Waals surface area contributed by atoms with Gasteiger partial charge < -0.3 is 9.64 Å². The molecular weight excluding hydrogens is 325 g/mol. The van der Waals surface area contributed by atoms with Crippen molar-refractivity contribution in [3.8, 4) is 0 Å². The minimum atomic E-state index is -4.78. The Morgan fingerprint density at radius 2 is 2.14 bits per heavy atom. The quantitative estimate of drug-likeness (QED) is 0.618. The summed E-state index contributed by atoms with van der Waals surface area (Å²) in [7, 11) is -3.58. The third-order valence-corrected chi connectivity index (χ3v) is 4.58. The number of rotatable bonds is 3. The second-order valence-electron chi connectivity index (χ2n) is 4.46. The molecule has 0 spiro atoms. The van der Waals surface area contributed by atoms with Gasteiger partial charge in [-0.05, 0) is 18.2 Å². The summed E-state index contributed by atoms with van der Waals surface area (Å²) < 4.78 is 39.2. The molecule has 21 heavy (non-hydrogen) atoms. The molecule has 1 aliphatic heterocycles. The Bertz CT molecular complexity index is 706. The molecule has 0 bridgehead atoms. The lowest BCUT2D eigenvalue weighted by Crippen LogP contribution is -2.27. The summed E-state index contributed by atoms with van der Waals surface area (Å²) in [6.07, 6.45) is -0.421. The molecule has 1 heterocycles. The van der Waals surface area contributed by atoms with Crippen LogP contribution in [0.25, 0.3) is 0 Å². The fraction of sp³-hybridized carbons (Fsp3) is 0.333. The van der Waals surface area contributed by atoms with Gasteiger partial charge in [0.1, 0.15) is 5.25 Å². The molecule has 1 unspecified atom stereocenters. The normalized spacial score (nSPS) is 18.9. The summed E-state index contributed by atoms with van der Waals surface area (Å²) >= 11 is 5.92. The van der Waals surface area contributed by atoms with E-state index in [4.69, 9.17) is 11.6 Å². The molecule has 0 saturated carbocycles. The zero-order valence-electron chi connectivity index (χ0n) is 10.9. The molecule has 114 valence electrons. The van der Waals surface area contributed by atoms with Gasteiger partial charge in [0, 0.05) is 18.7 Å². The number of hydrogen-bond donors (Lipinski definition) is 0. The molecule has 6 nitrogen and oxygen atoms in total. The Labute approximate surface area is 125 Å². The van der Waals surface area contributed by atoms with Crippen LogP contribution in [0.1, 0.15) is 16.8 Å². The van der Waals surface area contributed by atoms with Gasteiger partial charge >= 0.3 is 16.2 Å². The molecule has 0 aromatic heterocycles. The fourth-order valence-corrected chi connectivity index (χ4v) is 2.98. The molecule has 9 heteroatoms. The molecule has 0 radical (unpaired) electrons. The molecule has 1 amide bonds. The van der Waals surface area contributed by atoms with E-state index in [1.165, 1.54) is 25.3 Å². The zero-order chi connectivity index (χ0) is 15.8. The number of esters is 1. The summed E-state index contributed by atoms with van der Waals surface area (Å²) in [5, 5.41) is -1.33. The second kappa shape index (κ2) is 5.61. The van der Waals surface area contributed by atoms with E-state index in [2.05, 4.69) is 4.74 Å². The van der Waals surface area contributed by atoms with Gasteiger partial charge in [0.2, 0.25) is 5.91 Å². The summed E-state index contributed by atoms with van der Waals surface area (Å²) in [6.45, 7) is -0.286. The molecule has 1 aromatic carbocycles. The Morgan fingerprint density at radius 1 is 1.48 bits per heavy atom. The van der Waals surface area contributed by atoms with Crippen LogP contribution in [0.2, 0.25) is 5.02 Å². The van der Waals surface area contributed by atoms with E-state index in [1.54, 1.807) is 0 Å². The molecule has 2 rings (SSSR count). The largest absolute Gasteiger partial charge is 0.465 e. The van der Waals surface area contributed by atoms with Crippen LogP contribution >= 0.6 is 11.6 Å². The standard InChI is InChI=1S/C12H11ClFNO5S/c1-20-12(17)9-3-2-7(4-10(9)13)15-6-8(5-11(15)16)21(14,18)19/h2-4,8H,5-6H2,1H3. The monoisotopic (exact) mass is 335 g/mol. The van der Waals surface area contributed by atoms with Crippen molar-refractivity contribution in [1.82, 2.24) is 0 Å². The van der Waals surface area contributed by atoms with Crippen molar-refractivity contribution >= 4 is 39.4 Å². The first-order chi connectivity index (χ1) is 9.74. The molecule has 1 saturated heterocycles. The van der Waals surface area contributed by atoms with E-state index in [0.29, 0.717) is 5.69 Å². The van der Waals surface area contributed by atoms with Crippen molar-refractivity contribution < 1.29 is 26.6 Å². The van der Waals surface area contributed by atoms with Crippen molar-refractivity contribution in [3.05, 3.63) is 28.8 Å². The van der Waals surface area contributed by atoms with Crippen molar-refractivity contribution in [2.24, 2.45) is 0 Å². The number of halogens is 2. The number of carbonyl (C=O) groups excluding carboxylic acids is 2. The molecule has 0 aliphatic carbocycles. The highest BCUT2D eigenvalue weighted by Gasteiger charge is 2.39. The van der Waals surface area contributed by atoms with Crippen LogP contribution < -0.4 is 4.90 Å². The highest BCUT2D eigenvalue weighted by molar-refractivity contribution is 7.87. The van der Waals surface area contributed by atoms with Crippen LogP contribution in [0, 0.1) is 0 Å². The van der Waals surface area contributed by atoms with E-state index in [-0.39, 0.29) is 17.1 Å². The molecule has 1 aromatic rings. The Morgan fingerprint density at radius 3 is 2.62 bits per heavy atom. The Kier molecular flexibility index (Phi) is 4.20. The third-order valence-electron chi connectivity index (χ3n) is 3.16. The number of nitrogens with zero attached hydrogens (tertiary/aromatic N) is 1. The highest BCUT2D eigenvalue weighted by atomic mass is 35.5. The maximum atomic E-state index is 13.0. The van der Waals surface area contributed by atoms with Gasteiger partial charge in [-0.2, -0.15) is 8.42 Å². The first-order valence-electron chi connectivity index (χ1n) is 5.85. The van der Waals surface area contributed by atoms with E-state index >= 15 is 0 Å². The van der Waals surface area contributed by atoms with Crippen LogP contribution in [0.5, 0.6) is 0 Å². The van der Waals surface area contributed by atoms with Crippen LogP contribution in [-0.2, 0) is 19.8 Å². The Hall–Kier alpha value is -1.67. The highest BCUT2D eigenvalue weighted by Crippen LogP contribution is 2.29. The predicted octanol–water partition coefficient (Wildman–Crippen LogP) is 1.53. The second-order valence-corrected chi connectivity index (χ2v) is 6.49. The van der Waals surface area contributed by atoms with Crippen LogP contribution in [-0.4, -0.2) is 39.2 Å². The zero-order valence-corrected chi connectivity index (χ0v) is 12.4. The summed E-state index contributed by atoms with van der Waals surface area (Å²) in [4.78, 5) is 24.3. The maximum absolute atomic E-state index is 13.0. The molecular formula is C12H11ClFNO5S. The van der Waals surface area contributed by atoms with Gasteiger partial charge in [0.25, 0.3) is 0 Å². The van der Waals surface area contributed by atoms with Gasteiger partial charge in [-0.1, -0.05) is 11.6 Å². The van der Waals surface area contributed by atoms with E-state index in [1.807, 2.05) is 0 Å². The van der Waals surface area contributed by atoms with Gasteiger partial charge in [-0.25, -0.2) is 4.79 Å². The van der Waals surface area contributed by atoms with E-state index < -0.39 is 33.8 Å². The predicted molar refractivity (Wildman–Crippen MR) is 73.6 cm³/mol. The van der Waals surface area contributed by atoms with E-state index in [9.17, 15) is 21.9 Å². The summed E-state index contributed by atoms with van der Waals surface area (Å²) in [5.74, 6) is -1.16. The van der Waals surface area contributed by atoms with Crippen molar-refractivity contribution in [1.29, 1.82) is 0 Å². The maximum Gasteiger partial charge on any atom is 0.339 e. The van der Waals surface area contributed by atoms with Gasteiger partial charge in [-0.15, -0.1) is 3.89 Å². The topological polar surface area (TPSA) is 80.8 Å². The van der Waals surface area contributed by atoms with Crippen molar-refractivity contribution in [2.45, 2.75) is 11.7 Å². The van der Waals surface area contributed by atoms with Crippen LogP contribution in [0.4, 0.5) is 9.57 Å². The average Bonchev–Trinajstić information content (AvgIpc) is 2.80. The van der Waals surface area contributed by atoms with Gasteiger partial charge in [0.15, 0.2) is 0 Å². The van der Waals surface area contributed by atoms with Crippen LogP contribution in [0.3, 0.4) is 0 Å². The lowest BCUT2D eigenvalue weighted by molar-refractivity contribution is -0.117. The van der Waals surface area contributed by atoms with Crippen molar-refractivity contribution in [3.63, 3.8) is 0 Å². The number of hydrogen-bond acceptors (Lipinski definition) is 5. The Balaban J connectivity index is 2.30. The van der Waals surface area contributed by atoms with Gasteiger partial charge in [-0.3, -0.25) is 4.79 Å². The minimum absolute atomic E-state index is 0.0544. The number of carbonyl (C=O) groups is 2. The molecule has 1 aliphatic rings. The van der Waals surface area contributed by atoms with Crippen LogP contribution in [0.15, 0.2) is 18.2 Å².